The molecular formula is C10H9BrO. The average Bonchev–Trinajstić information content (AvgIpc) is 2.08. The first-order valence-corrected chi connectivity index (χ1v) is 4.42. The second-order valence-corrected chi connectivity index (χ2v) is 3.30. The molecule has 0 unspecified atom stereocenters. The molecule has 0 aliphatic carbocycles. The van der Waals surface area contributed by atoms with E-state index in [1.165, 1.54) is 6.08 Å². The third-order valence-corrected chi connectivity index (χ3v) is 2.52. The molecule has 0 bridgehead atoms. The number of carbonyl (C=O) groups is 1. The third-order valence-electron chi connectivity index (χ3n) is 1.66. The summed E-state index contributed by atoms with van der Waals surface area (Å²) in [6.07, 6.45) is 4.07. The summed E-state index contributed by atoms with van der Waals surface area (Å²) in [5.74, 6) is 0. The van der Waals surface area contributed by atoms with E-state index >= 15 is 0 Å². The van der Waals surface area contributed by atoms with Gasteiger partial charge < -0.3 is 0 Å². The molecule has 0 saturated carbocycles. The highest BCUT2D eigenvalue weighted by Gasteiger charge is 1.96. The monoisotopic (exact) mass is 224 g/mol. The fraction of sp³-hybridized carbons (Fsp3) is 0.100. The first-order valence-electron chi connectivity index (χ1n) is 3.62. The van der Waals surface area contributed by atoms with Crippen molar-refractivity contribution in [1.29, 1.82) is 0 Å². The quantitative estimate of drug-likeness (QED) is 0.558. The van der Waals surface area contributed by atoms with Crippen LogP contribution in [0.25, 0.3) is 6.08 Å². The molecule has 0 atom stereocenters. The molecule has 1 rings (SSSR count). The number of benzene rings is 1. The third kappa shape index (κ3) is 2.05. The highest BCUT2D eigenvalue weighted by Crippen LogP contribution is 2.19. The summed E-state index contributed by atoms with van der Waals surface area (Å²) in [5, 5.41) is 0. The number of allylic oxidation sites excluding steroid dienone is 1. The molecule has 0 aliphatic rings. The summed E-state index contributed by atoms with van der Waals surface area (Å²) < 4.78 is 1.07. The van der Waals surface area contributed by atoms with Gasteiger partial charge in [-0.1, -0.05) is 34.1 Å². The Hall–Kier alpha value is -0.890. The molecular weight excluding hydrogens is 216 g/mol. The predicted molar refractivity (Wildman–Crippen MR) is 54.0 cm³/mol. The van der Waals surface area contributed by atoms with Gasteiger partial charge in [0.1, 0.15) is 6.29 Å². The molecule has 1 aromatic carbocycles. The van der Waals surface area contributed by atoms with Crippen LogP contribution in [-0.4, -0.2) is 6.29 Å². The summed E-state index contributed by atoms with van der Waals surface area (Å²) in [6, 6.07) is 5.90. The van der Waals surface area contributed by atoms with Gasteiger partial charge in [-0.25, -0.2) is 0 Å². The van der Waals surface area contributed by atoms with Crippen LogP contribution >= 0.6 is 15.9 Å². The summed E-state index contributed by atoms with van der Waals surface area (Å²) >= 11 is 3.42. The lowest BCUT2D eigenvalue weighted by atomic mass is 10.1. The molecule has 0 N–H and O–H groups in total. The Kier molecular flexibility index (Phi) is 3.23. The first kappa shape index (κ1) is 9.20. The molecule has 2 heteroatoms. The molecule has 0 amide bonds. The standard InChI is InChI=1S/C10H9BrO/c1-8-9(5-3-7-12)4-2-6-10(8)11/h2-7H,1H3. The zero-order chi connectivity index (χ0) is 8.97. The SMILES string of the molecule is Cc1c(Br)cccc1C=CC=O. The van der Waals surface area contributed by atoms with Crippen LogP contribution in [0.2, 0.25) is 0 Å². The van der Waals surface area contributed by atoms with Gasteiger partial charge in [0.2, 0.25) is 0 Å². The predicted octanol–water partition coefficient (Wildman–Crippen LogP) is 2.97. The number of carbonyl (C=O) groups excluding carboxylic acids is 1. The zero-order valence-electron chi connectivity index (χ0n) is 6.75. The summed E-state index contributed by atoms with van der Waals surface area (Å²) in [6.45, 7) is 2.01. The van der Waals surface area contributed by atoms with Crippen molar-refractivity contribution in [3.8, 4) is 0 Å². The number of hydrogen-bond donors (Lipinski definition) is 0. The second kappa shape index (κ2) is 4.21. The highest BCUT2D eigenvalue weighted by molar-refractivity contribution is 9.10. The number of halogens is 1. The van der Waals surface area contributed by atoms with Crippen molar-refractivity contribution < 1.29 is 4.79 Å². The van der Waals surface area contributed by atoms with E-state index in [1.807, 2.05) is 25.1 Å². The van der Waals surface area contributed by atoms with Crippen LogP contribution in [0.5, 0.6) is 0 Å². The van der Waals surface area contributed by atoms with Crippen LogP contribution in [-0.2, 0) is 4.79 Å². The topological polar surface area (TPSA) is 17.1 Å². The van der Waals surface area contributed by atoms with E-state index in [0.29, 0.717) is 0 Å². The molecule has 12 heavy (non-hydrogen) atoms. The van der Waals surface area contributed by atoms with Gasteiger partial charge in [0.15, 0.2) is 0 Å². The molecule has 0 aliphatic heterocycles. The van der Waals surface area contributed by atoms with Gasteiger partial charge in [0, 0.05) is 4.47 Å². The van der Waals surface area contributed by atoms with E-state index in [-0.39, 0.29) is 0 Å². The second-order valence-electron chi connectivity index (χ2n) is 2.45. The van der Waals surface area contributed by atoms with E-state index in [2.05, 4.69) is 15.9 Å². The molecule has 0 radical (unpaired) electrons. The van der Waals surface area contributed by atoms with E-state index in [1.54, 1.807) is 6.08 Å². The minimum absolute atomic E-state index is 0.778. The van der Waals surface area contributed by atoms with Crippen molar-refractivity contribution in [3.63, 3.8) is 0 Å². The fourth-order valence-corrected chi connectivity index (χ4v) is 1.33. The van der Waals surface area contributed by atoms with E-state index in [4.69, 9.17) is 0 Å². The largest absolute Gasteiger partial charge is 0.299 e. The lowest BCUT2D eigenvalue weighted by molar-refractivity contribution is -0.104. The van der Waals surface area contributed by atoms with Gasteiger partial charge >= 0.3 is 0 Å². The summed E-state index contributed by atoms with van der Waals surface area (Å²) in [4.78, 5) is 10.1. The van der Waals surface area contributed by atoms with E-state index < -0.39 is 0 Å². The van der Waals surface area contributed by atoms with Crippen LogP contribution in [0, 0.1) is 6.92 Å². The van der Waals surface area contributed by atoms with Crippen molar-refractivity contribution in [2.75, 3.05) is 0 Å². The minimum Gasteiger partial charge on any atom is -0.299 e. The summed E-state index contributed by atoms with van der Waals surface area (Å²) in [5.41, 5.74) is 2.21. The van der Waals surface area contributed by atoms with E-state index in [9.17, 15) is 4.79 Å². The van der Waals surface area contributed by atoms with Gasteiger partial charge in [-0.05, 0) is 30.2 Å². The van der Waals surface area contributed by atoms with Crippen LogP contribution in [0.1, 0.15) is 11.1 Å². The molecule has 0 heterocycles. The lowest BCUT2D eigenvalue weighted by Gasteiger charge is -2.00. The molecule has 62 valence electrons. The van der Waals surface area contributed by atoms with Gasteiger partial charge in [-0.3, -0.25) is 4.79 Å². The van der Waals surface area contributed by atoms with Crippen molar-refractivity contribution in [3.05, 3.63) is 39.9 Å². The molecule has 1 aromatic rings. The van der Waals surface area contributed by atoms with Gasteiger partial charge in [-0.2, -0.15) is 0 Å². The Bertz CT molecular complexity index is 316. The maximum Gasteiger partial charge on any atom is 0.142 e. The number of hydrogen-bond acceptors (Lipinski definition) is 1. The Morgan fingerprint density at radius 2 is 2.17 bits per heavy atom. The molecule has 1 nitrogen and oxygen atoms in total. The van der Waals surface area contributed by atoms with Gasteiger partial charge in [0.05, 0.1) is 0 Å². The van der Waals surface area contributed by atoms with Crippen molar-refractivity contribution in [2.45, 2.75) is 6.92 Å². The maximum atomic E-state index is 10.1. The van der Waals surface area contributed by atoms with Crippen molar-refractivity contribution in [2.24, 2.45) is 0 Å². The summed E-state index contributed by atoms with van der Waals surface area (Å²) in [7, 11) is 0. The highest BCUT2D eigenvalue weighted by atomic mass is 79.9. The fourth-order valence-electron chi connectivity index (χ4n) is 0.948. The van der Waals surface area contributed by atoms with Crippen molar-refractivity contribution >= 4 is 28.3 Å². The van der Waals surface area contributed by atoms with Crippen LogP contribution in [0.3, 0.4) is 0 Å². The van der Waals surface area contributed by atoms with Crippen LogP contribution in [0.15, 0.2) is 28.7 Å². The molecule has 0 fully saturated rings. The Labute approximate surface area is 80.2 Å². The van der Waals surface area contributed by atoms with Crippen molar-refractivity contribution in [1.82, 2.24) is 0 Å². The number of aldehydes is 1. The zero-order valence-corrected chi connectivity index (χ0v) is 8.34. The minimum atomic E-state index is 0.778. The Morgan fingerprint density at radius 1 is 1.42 bits per heavy atom. The van der Waals surface area contributed by atoms with Crippen LogP contribution < -0.4 is 0 Å². The Morgan fingerprint density at radius 3 is 2.83 bits per heavy atom. The first-order chi connectivity index (χ1) is 5.75. The van der Waals surface area contributed by atoms with Crippen LogP contribution in [0.4, 0.5) is 0 Å². The Balaban J connectivity index is 3.07. The average molecular weight is 225 g/mol. The number of rotatable bonds is 2. The lowest BCUT2D eigenvalue weighted by Crippen LogP contribution is -1.81. The molecule has 0 aromatic heterocycles. The normalized spacial score (nSPS) is 10.5. The molecule has 0 saturated heterocycles. The van der Waals surface area contributed by atoms with E-state index in [0.717, 1.165) is 21.9 Å². The van der Waals surface area contributed by atoms with Gasteiger partial charge in [-0.15, -0.1) is 0 Å². The van der Waals surface area contributed by atoms with Gasteiger partial charge in [0.25, 0.3) is 0 Å². The maximum absolute atomic E-state index is 10.1. The smallest absolute Gasteiger partial charge is 0.142 e. The molecule has 0 spiro atoms.